The SMILES string of the molecule is CCCC[C@H](/C=C/C(=O)CCc1ccc(O)c(OCCc2ccc(O)cc2-c2cc(CO)c3c(c2)=CCN=3)c1)CCC(C)C. The molecule has 0 unspecified atom stereocenters. The van der Waals surface area contributed by atoms with Crippen LogP contribution in [-0.4, -0.2) is 34.3 Å². The van der Waals surface area contributed by atoms with Gasteiger partial charge in [0.05, 0.1) is 25.1 Å². The van der Waals surface area contributed by atoms with Crippen LogP contribution in [0.5, 0.6) is 17.2 Å². The normalized spacial score (nSPS) is 13.1. The summed E-state index contributed by atoms with van der Waals surface area (Å²) in [5.41, 5.74) is 4.42. The van der Waals surface area contributed by atoms with Gasteiger partial charge < -0.3 is 20.1 Å². The minimum absolute atomic E-state index is 0.0558. The van der Waals surface area contributed by atoms with E-state index in [-0.39, 0.29) is 23.9 Å². The molecule has 1 heterocycles. The van der Waals surface area contributed by atoms with E-state index in [4.69, 9.17) is 4.74 Å². The lowest BCUT2D eigenvalue weighted by Gasteiger charge is -2.14. The zero-order valence-corrected chi connectivity index (χ0v) is 26.4. The molecule has 3 aromatic rings. The summed E-state index contributed by atoms with van der Waals surface area (Å²) in [5.74, 6) is 1.84. The molecule has 0 aromatic heterocycles. The van der Waals surface area contributed by atoms with E-state index in [1.807, 2.05) is 36.4 Å². The van der Waals surface area contributed by atoms with Gasteiger partial charge in [-0.2, -0.15) is 0 Å². The predicted molar refractivity (Wildman–Crippen MR) is 176 cm³/mol. The molecule has 0 fully saturated rings. The van der Waals surface area contributed by atoms with Crippen LogP contribution in [0.2, 0.25) is 0 Å². The molecule has 0 amide bonds. The third-order valence-corrected chi connectivity index (χ3v) is 8.26. The third-order valence-electron chi connectivity index (χ3n) is 8.26. The van der Waals surface area contributed by atoms with Crippen molar-refractivity contribution in [1.82, 2.24) is 0 Å². The van der Waals surface area contributed by atoms with Crippen molar-refractivity contribution in [3.63, 3.8) is 0 Å². The quantitative estimate of drug-likeness (QED) is 0.152. The molecule has 0 spiro atoms. The number of aliphatic hydroxyl groups excluding tert-OH is 1. The molecule has 234 valence electrons. The van der Waals surface area contributed by atoms with Gasteiger partial charge in [0, 0.05) is 18.4 Å². The highest BCUT2D eigenvalue weighted by Crippen LogP contribution is 2.30. The van der Waals surface area contributed by atoms with Gasteiger partial charge in [0.25, 0.3) is 0 Å². The Morgan fingerprint density at radius 3 is 2.61 bits per heavy atom. The number of hydrogen-bond donors (Lipinski definition) is 3. The number of carbonyl (C=O) groups excluding carboxylic acids is 1. The number of benzene rings is 3. The fourth-order valence-electron chi connectivity index (χ4n) is 5.68. The van der Waals surface area contributed by atoms with Crippen molar-refractivity contribution < 1.29 is 24.9 Å². The highest BCUT2D eigenvalue weighted by Gasteiger charge is 2.13. The molecule has 3 aromatic carbocycles. The van der Waals surface area contributed by atoms with Crippen molar-refractivity contribution in [2.75, 3.05) is 13.2 Å². The summed E-state index contributed by atoms with van der Waals surface area (Å²) < 4.78 is 6.02. The number of ether oxygens (including phenoxy) is 1. The van der Waals surface area contributed by atoms with E-state index in [0.29, 0.717) is 50.0 Å². The number of nitrogens with zero attached hydrogens (tertiary/aromatic N) is 1. The number of aliphatic hydroxyl groups is 1. The van der Waals surface area contributed by atoms with Crippen molar-refractivity contribution in [1.29, 1.82) is 0 Å². The molecule has 0 bridgehead atoms. The fraction of sp³-hybridized carbons (Fsp3) is 0.421. The summed E-state index contributed by atoms with van der Waals surface area (Å²) >= 11 is 0. The number of aromatic hydroxyl groups is 2. The Kier molecular flexibility index (Phi) is 12.2. The summed E-state index contributed by atoms with van der Waals surface area (Å²) in [6, 6.07) is 14.5. The van der Waals surface area contributed by atoms with Gasteiger partial charge in [-0.15, -0.1) is 0 Å². The van der Waals surface area contributed by atoms with Gasteiger partial charge >= 0.3 is 0 Å². The first-order valence-corrected chi connectivity index (χ1v) is 16.0. The third kappa shape index (κ3) is 9.30. The second kappa shape index (κ2) is 16.2. The Balaban J connectivity index is 1.38. The minimum atomic E-state index is -0.111. The molecule has 6 nitrogen and oxygen atoms in total. The van der Waals surface area contributed by atoms with Crippen molar-refractivity contribution in [3.05, 3.63) is 87.9 Å². The Labute approximate surface area is 261 Å². The Morgan fingerprint density at radius 2 is 1.84 bits per heavy atom. The fourth-order valence-corrected chi connectivity index (χ4v) is 5.68. The summed E-state index contributed by atoms with van der Waals surface area (Å²) in [6.07, 6.45) is 13.2. The van der Waals surface area contributed by atoms with Gasteiger partial charge in [-0.1, -0.05) is 64.3 Å². The van der Waals surface area contributed by atoms with Gasteiger partial charge in [-0.05, 0) is 101 Å². The maximum Gasteiger partial charge on any atom is 0.161 e. The molecule has 0 aliphatic carbocycles. The van der Waals surface area contributed by atoms with Gasteiger partial charge in [0.15, 0.2) is 17.3 Å². The molecule has 1 aliphatic heterocycles. The van der Waals surface area contributed by atoms with E-state index in [9.17, 15) is 20.1 Å². The average Bonchev–Trinajstić information content (AvgIpc) is 3.50. The largest absolute Gasteiger partial charge is 0.508 e. The number of rotatable bonds is 17. The van der Waals surface area contributed by atoms with Crippen molar-refractivity contribution in [2.45, 2.75) is 78.7 Å². The second-order valence-electron chi connectivity index (χ2n) is 12.2. The summed E-state index contributed by atoms with van der Waals surface area (Å²) in [5, 5.41) is 32.4. The number of ketones is 1. The summed E-state index contributed by atoms with van der Waals surface area (Å²) in [7, 11) is 0. The van der Waals surface area contributed by atoms with E-state index in [1.54, 1.807) is 24.3 Å². The highest BCUT2D eigenvalue weighted by molar-refractivity contribution is 5.89. The zero-order valence-electron chi connectivity index (χ0n) is 26.4. The lowest BCUT2D eigenvalue weighted by atomic mass is 9.92. The number of fused-ring (bicyclic) bond motifs is 1. The summed E-state index contributed by atoms with van der Waals surface area (Å²) in [4.78, 5) is 17.2. The number of aryl methyl sites for hydroxylation is 1. The number of allylic oxidation sites excluding steroid dienone is 2. The molecule has 6 heteroatoms. The van der Waals surface area contributed by atoms with Gasteiger partial charge in [-0.25, -0.2) is 0 Å². The standard InChI is InChI=1S/C38H47NO5/c1-4-5-6-27(8-7-26(2)3)9-13-33(41)14-10-28-11-16-36(43)37(21-28)44-20-18-29-12-15-34(42)24-35(29)31-22-30-17-19-39-38(30)32(23-31)25-40/h9,11-13,15-17,21-24,26-27,40,42-43H,4-8,10,14,18-20,25H2,1-3H3/b13-9+/t27-/m0/s1. The van der Waals surface area contributed by atoms with Crippen LogP contribution in [0.1, 0.15) is 76.0 Å². The van der Waals surface area contributed by atoms with Crippen LogP contribution in [0.3, 0.4) is 0 Å². The topological polar surface area (TPSA) is 99.4 Å². The number of hydrogen-bond acceptors (Lipinski definition) is 6. The van der Waals surface area contributed by atoms with E-state index in [2.05, 4.69) is 31.8 Å². The molecule has 3 N–H and O–H groups in total. The first-order valence-electron chi connectivity index (χ1n) is 16.0. The molecular formula is C38H47NO5. The van der Waals surface area contributed by atoms with Crippen molar-refractivity contribution >= 4 is 11.9 Å². The van der Waals surface area contributed by atoms with Crippen LogP contribution < -0.4 is 15.3 Å². The smallest absolute Gasteiger partial charge is 0.161 e. The Hall–Kier alpha value is -3.90. The number of unbranched alkanes of at least 4 members (excludes halogenated alkanes) is 1. The van der Waals surface area contributed by atoms with Gasteiger partial charge in [-0.3, -0.25) is 9.79 Å². The lowest BCUT2D eigenvalue weighted by molar-refractivity contribution is -0.114. The monoisotopic (exact) mass is 597 g/mol. The summed E-state index contributed by atoms with van der Waals surface area (Å²) in [6.45, 7) is 7.48. The predicted octanol–water partition coefficient (Wildman–Crippen LogP) is 6.59. The molecular weight excluding hydrogens is 550 g/mol. The average molecular weight is 598 g/mol. The van der Waals surface area contributed by atoms with Crippen LogP contribution in [-0.2, 0) is 24.2 Å². The Bertz CT molecular complexity index is 1570. The van der Waals surface area contributed by atoms with Crippen LogP contribution in [0.25, 0.3) is 17.2 Å². The van der Waals surface area contributed by atoms with Crippen LogP contribution in [0, 0.1) is 11.8 Å². The van der Waals surface area contributed by atoms with E-state index >= 15 is 0 Å². The maximum atomic E-state index is 12.7. The van der Waals surface area contributed by atoms with Crippen LogP contribution in [0.15, 0.2) is 65.7 Å². The second-order valence-corrected chi connectivity index (χ2v) is 12.2. The first-order chi connectivity index (χ1) is 21.3. The first kappa shape index (κ1) is 33.0. The van der Waals surface area contributed by atoms with Gasteiger partial charge in [0.2, 0.25) is 0 Å². The number of carbonyl (C=O) groups is 1. The van der Waals surface area contributed by atoms with Gasteiger partial charge in [0.1, 0.15) is 5.75 Å². The van der Waals surface area contributed by atoms with E-state index in [0.717, 1.165) is 57.7 Å². The zero-order chi connectivity index (χ0) is 31.5. The number of phenolic OH excluding ortho intramolecular Hbond substituents is 2. The van der Waals surface area contributed by atoms with E-state index < -0.39 is 0 Å². The van der Waals surface area contributed by atoms with E-state index in [1.165, 1.54) is 12.8 Å². The number of phenols is 2. The molecule has 1 atom stereocenters. The van der Waals surface area contributed by atoms with Crippen LogP contribution >= 0.6 is 0 Å². The van der Waals surface area contributed by atoms with Crippen molar-refractivity contribution in [2.24, 2.45) is 16.8 Å². The molecule has 1 aliphatic rings. The highest BCUT2D eigenvalue weighted by atomic mass is 16.5. The molecule has 4 rings (SSSR count). The molecule has 0 saturated heterocycles. The Morgan fingerprint density at radius 1 is 1.00 bits per heavy atom. The lowest BCUT2D eigenvalue weighted by Crippen LogP contribution is -2.26. The maximum absolute atomic E-state index is 12.7. The molecule has 0 saturated carbocycles. The van der Waals surface area contributed by atoms with Crippen molar-refractivity contribution in [3.8, 4) is 28.4 Å². The van der Waals surface area contributed by atoms with Crippen LogP contribution in [0.4, 0.5) is 0 Å². The molecule has 0 radical (unpaired) electrons. The molecule has 44 heavy (non-hydrogen) atoms. The minimum Gasteiger partial charge on any atom is -0.508 e.